The van der Waals surface area contributed by atoms with Crippen LogP contribution in [0.4, 0.5) is 0 Å². The van der Waals surface area contributed by atoms with Crippen LogP contribution < -0.4 is 4.85 Å². The van der Waals surface area contributed by atoms with Crippen molar-refractivity contribution in [3.8, 4) is 22.5 Å². The topological polar surface area (TPSA) is 128 Å². The predicted molar refractivity (Wildman–Crippen MR) is 208 cm³/mol. The Morgan fingerprint density at radius 1 is 0.815 bits per heavy atom. The fourth-order valence-corrected chi connectivity index (χ4v) is 9.52. The van der Waals surface area contributed by atoms with E-state index in [4.69, 9.17) is 26.1 Å². The number of ketones is 2. The van der Waals surface area contributed by atoms with Crippen LogP contribution in [0, 0.1) is 42.0 Å². The minimum atomic E-state index is -0.445. The first-order chi connectivity index (χ1) is 26.1. The average molecular weight is 739 g/mol. The minimum Gasteiger partial charge on any atom is -0.596 e. The van der Waals surface area contributed by atoms with Gasteiger partial charge >= 0.3 is 0 Å². The van der Waals surface area contributed by atoms with Crippen molar-refractivity contribution in [2.45, 2.75) is 86.4 Å². The molecule has 54 heavy (non-hydrogen) atoms. The van der Waals surface area contributed by atoms with Crippen molar-refractivity contribution in [2.75, 3.05) is 0 Å². The van der Waals surface area contributed by atoms with Gasteiger partial charge in [0.1, 0.15) is 0 Å². The first-order valence-electron chi connectivity index (χ1n) is 19.3. The van der Waals surface area contributed by atoms with Crippen LogP contribution in [0.3, 0.4) is 0 Å². The molecule has 0 aromatic carbocycles. The summed E-state index contributed by atoms with van der Waals surface area (Å²) in [7, 11) is 9.94. The SMILES string of the molecule is C.[3H]C.[3H]C.[C-]#[N+]C1=C[C@]2(C)c3nn(C)c(-c4cn(C)[n+]([O-])c4)c3CC[C@H]2[C@H](C)C1=O.[C-]#[N+]C1=C[C@]2(C)c3nn(C)c(-c4cnn(C)c4)c3CC[C@H]2[C@H](C)C1=O. The van der Waals surface area contributed by atoms with Gasteiger partial charge in [-0.3, -0.25) is 14.0 Å². The molecule has 8 rings (SSSR count). The van der Waals surface area contributed by atoms with Crippen molar-refractivity contribution < 1.29 is 17.2 Å². The molecule has 0 amide bonds. The van der Waals surface area contributed by atoms with E-state index in [2.05, 4.69) is 28.6 Å². The first-order valence-corrected chi connectivity index (χ1v) is 17.3. The van der Waals surface area contributed by atoms with Crippen LogP contribution in [-0.4, -0.2) is 45.6 Å². The predicted octanol–water partition coefficient (Wildman–Crippen LogP) is 6.47. The molecule has 0 saturated heterocycles. The molecule has 0 aliphatic heterocycles. The zero-order chi connectivity index (χ0) is 40.7. The second-order valence-corrected chi connectivity index (χ2v) is 15.0. The zero-order valence-corrected chi connectivity index (χ0v) is 32.3. The number of carbonyl (C=O) groups excluding carboxylic acids is 2. The van der Waals surface area contributed by atoms with Gasteiger partial charge in [0.25, 0.3) is 0 Å². The molecule has 0 N–H and O–H groups in total. The molecule has 0 unspecified atom stereocenters. The van der Waals surface area contributed by atoms with Gasteiger partial charge in [0.15, 0.2) is 11.6 Å². The van der Waals surface area contributed by atoms with Crippen molar-refractivity contribution in [3.63, 3.8) is 0 Å². The van der Waals surface area contributed by atoms with Gasteiger partial charge in [-0.25, -0.2) is 9.69 Å². The van der Waals surface area contributed by atoms with E-state index in [0.717, 1.165) is 70.0 Å². The summed E-state index contributed by atoms with van der Waals surface area (Å²) in [6.45, 7) is 22.8. The molecule has 4 aliphatic rings. The highest BCUT2D eigenvalue weighted by molar-refractivity contribution is 6.01. The van der Waals surface area contributed by atoms with Gasteiger partial charge in [0.2, 0.25) is 17.6 Å². The molecule has 286 valence electrons. The average Bonchev–Trinajstić information content (AvgIpc) is 3.94. The number of aryl methyl sites for hydroxylation is 4. The Bertz CT molecular complexity index is 2280. The first kappa shape index (κ1) is 38.2. The third kappa shape index (κ3) is 5.90. The number of Topliss-reactive ketones (excluding diaryl/α,β-unsaturated/α-hetero) is 2. The standard InChI is InChI=1S/C19H21N5O2.C19H21N5O.3CH4/c1-11-14-7-6-13-16(12-9-22(4)24(26)10-12)23(5)21-18(13)19(14,2)8-15(20-3)17(11)25;1-11-14-7-6-13-16(12-9-21-23(4)10-12)24(5)22-18(13)19(14,2)8-15(20-3)17(11)25;;;/h8-11,14H,6-7H2,1-2,4-5H3;8-11,14H,6-7H2,1-2,4-5H3;3*1H4/t2*11-,14-,19-;;;/m00.../s1/i;;2*1T;. The summed E-state index contributed by atoms with van der Waals surface area (Å²) in [5.74, 6) is -0.0863. The number of allylic oxidation sites excluding steroid dienone is 4. The molecular formula is C41H54N10O3. The molecule has 6 atom stereocenters. The summed E-state index contributed by atoms with van der Waals surface area (Å²) in [4.78, 5) is 32.6. The maximum Gasteiger partial charge on any atom is 0.226 e. The highest BCUT2D eigenvalue weighted by Crippen LogP contribution is 2.52. The van der Waals surface area contributed by atoms with Crippen LogP contribution in [-0.2, 0) is 61.5 Å². The Hall–Kier alpha value is -5.56. The van der Waals surface area contributed by atoms with E-state index >= 15 is 0 Å². The monoisotopic (exact) mass is 738 g/mol. The van der Waals surface area contributed by atoms with Gasteiger partial charge in [-0.15, -0.1) is 0 Å². The van der Waals surface area contributed by atoms with Crippen LogP contribution in [0.2, 0.25) is 0 Å². The van der Waals surface area contributed by atoms with E-state index in [1.54, 1.807) is 24.1 Å². The number of nitrogens with zero attached hydrogens (tertiary/aromatic N) is 10. The molecule has 4 heterocycles. The number of hydrogen-bond donors (Lipinski definition) is 0. The lowest BCUT2D eigenvalue weighted by atomic mass is 9.58. The summed E-state index contributed by atoms with van der Waals surface area (Å²) < 4.78 is 18.5. The van der Waals surface area contributed by atoms with Crippen molar-refractivity contribution in [1.82, 2.24) is 34.0 Å². The summed E-state index contributed by atoms with van der Waals surface area (Å²) in [6.07, 6.45) is 14.4. The van der Waals surface area contributed by atoms with E-state index in [0.29, 0.717) is 0 Å². The fraction of sp³-hybridized carbons (Fsp3) is 0.512. The van der Waals surface area contributed by atoms with Crippen LogP contribution in [0.5, 0.6) is 0 Å². The van der Waals surface area contributed by atoms with Gasteiger partial charge < -0.3 is 14.8 Å². The van der Waals surface area contributed by atoms with Crippen LogP contribution >= 0.6 is 0 Å². The highest BCUT2D eigenvalue weighted by atomic mass is 16.5. The molecule has 13 heteroatoms. The molecule has 4 aliphatic carbocycles. The maximum atomic E-state index is 12.5. The Labute approximate surface area is 322 Å². The van der Waals surface area contributed by atoms with Crippen molar-refractivity contribution >= 4 is 11.6 Å². The zero-order valence-electron chi connectivity index (χ0n) is 34.3. The maximum absolute atomic E-state index is 12.5. The van der Waals surface area contributed by atoms with Crippen LogP contribution in [0.25, 0.3) is 32.2 Å². The van der Waals surface area contributed by atoms with Crippen LogP contribution in [0.15, 0.2) is 48.3 Å². The summed E-state index contributed by atoms with van der Waals surface area (Å²) in [5, 5.41) is 25.8. The van der Waals surface area contributed by atoms with Crippen molar-refractivity contribution in [2.24, 2.45) is 51.9 Å². The Morgan fingerprint density at radius 2 is 1.26 bits per heavy atom. The quantitative estimate of drug-likeness (QED) is 0.132. The van der Waals surface area contributed by atoms with Crippen molar-refractivity contribution in [3.05, 3.63) is 98.9 Å². The number of aromatic nitrogens is 8. The van der Waals surface area contributed by atoms with Gasteiger partial charge in [0, 0.05) is 69.4 Å². The van der Waals surface area contributed by atoms with E-state index in [-0.39, 0.29) is 59.5 Å². The molecule has 0 fully saturated rings. The molecule has 0 saturated carbocycles. The van der Waals surface area contributed by atoms with E-state index in [9.17, 15) is 14.8 Å². The largest absolute Gasteiger partial charge is 0.596 e. The summed E-state index contributed by atoms with van der Waals surface area (Å²) in [6, 6.07) is 0. The normalized spacial score (nSPS) is 26.5. The number of fused-ring (bicyclic) bond motifs is 6. The van der Waals surface area contributed by atoms with E-state index in [1.807, 2.05) is 68.9 Å². The van der Waals surface area contributed by atoms with E-state index in [1.165, 1.54) is 25.1 Å². The highest BCUT2D eigenvalue weighted by Gasteiger charge is 2.51. The Balaban J connectivity index is 0.000000225. The van der Waals surface area contributed by atoms with Gasteiger partial charge in [-0.2, -0.15) is 20.0 Å². The molecule has 0 bridgehead atoms. The number of rotatable bonds is 2. The number of hydrogen-bond acceptors (Lipinski definition) is 6. The smallest absolute Gasteiger partial charge is 0.226 e. The minimum absolute atomic E-state index is 0. The second kappa shape index (κ2) is 14.3. The van der Waals surface area contributed by atoms with E-state index < -0.39 is 5.41 Å². The fourth-order valence-electron chi connectivity index (χ4n) is 9.52. The molecule has 4 aromatic rings. The van der Waals surface area contributed by atoms with Gasteiger partial charge in [-0.1, -0.05) is 66.9 Å². The lowest BCUT2D eigenvalue weighted by Crippen LogP contribution is -2.45. The third-order valence-electron chi connectivity index (χ3n) is 12.1. The summed E-state index contributed by atoms with van der Waals surface area (Å²) >= 11 is 0. The molecule has 0 radical (unpaired) electrons. The molecule has 4 aromatic heterocycles. The van der Waals surface area contributed by atoms with Crippen molar-refractivity contribution in [1.29, 1.82) is 0 Å². The lowest BCUT2D eigenvalue weighted by molar-refractivity contribution is -0.691. The van der Waals surface area contributed by atoms with Gasteiger partial charge in [-0.05, 0) is 37.5 Å². The molecule has 0 spiro atoms. The molecular weight excluding hydrogens is 681 g/mol. The van der Waals surface area contributed by atoms with Gasteiger partial charge in [0.05, 0.1) is 60.9 Å². The Morgan fingerprint density at radius 3 is 1.63 bits per heavy atom. The molecule has 13 nitrogen and oxygen atoms in total. The Kier molecular flexibility index (Phi) is 10.1. The lowest BCUT2D eigenvalue weighted by Gasteiger charge is -2.44. The second-order valence-electron chi connectivity index (χ2n) is 15.0. The number of carbonyl (C=O) groups is 2. The third-order valence-corrected chi connectivity index (χ3v) is 12.1. The van der Waals surface area contributed by atoms with Crippen LogP contribution in [0.1, 0.15) is 88.0 Å². The summed E-state index contributed by atoms with van der Waals surface area (Å²) in [5.41, 5.74) is 7.82.